The number of hydrogen-bond donors (Lipinski definition) is 0. The van der Waals surface area contributed by atoms with E-state index >= 15 is 0 Å². The lowest BCUT2D eigenvalue weighted by Gasteiger charge is -2.54. The summed E-state index contributed by atoms with van der Waals surface area (Å²) in [7, 11) is 0. The summed E-state index contributed by atoms with van der Waals surface area (Å²) in [5.41, 5.74) is 1.30. The van der Waals surface area contributed by atoms with Gasteiger partial charge < -0.3 is 4.90 Å². The summed E-state index contributed by atoms with van der Waals surface area (Å²) in [6.45, 7) is 3.87. The van der Waals surface area contributed by atoms with Gasteiger partial charge in [-0.05, 0) is 30.5 Å². The lowest BCUT2D eigenvalue weighted by atomic mass is 9.82. The van der Waals surface area contributed by atoms with Gasteiger partial charge in [-0.3, -0.25) is 4.90 Å². The second-order valence-corrected chi connectivity index (χ2v) is 9.03. The number of piperidine rings is 1. The first-order valence-corrected chi connectivity index (χ1v) is 10.6. The van der Waals surface area contributed by atoms with E-state index in [0.29, 0.717) is 21.7 Å². The zero-order chi connectivity index (χ0) is 20.0. The minimum absolute atomic E-state index is 0.292. The lowest BCUT2D eigenvalue weighted by molar-refractivity contribution is -0.126. The van der Waals surface area contributed by atoms with Crippen LogP contribution in [0.2, 0.25) is 0 Å². The van der Waals surface area contributed by atoms with Crippen molar-refractivity contribution in [2.75, 3.05) is 24.5 Å². The lowest BCUT2D eigenvalue weighted by Crippen LogP contribution is -2.64. The summed E-state index contributed by atoms with van der Waals surface area (Å²) in [6.07, 6.45) is -2.50. The minimum atomic E-state index is -4.21. The molecule has 5 rings (SSSR count). The molecule has 29 heavy (non-hydrogen) atoms. The van der Waals surface area contributed by atoms with Gasteiger partial charge in [0, 0.05) is 30.6 Å². The molecule has 8 heteroatoms. The molecule has 152 valence electrons. The summed E-state index contributed by atoms with van der Waals surface area (Å²) in [4.78, 5) is 14.3. The van der Waals surface area contributed by atoms with Gasteiger partial charge >= 0.3 is 6.18 Å². The third-order valence-electron chi connectivity index (χ3n) is 5.89. The average Bonchev–Trinajstić information content (AvgIpc) is 3.06. The van der Waals surface area contributed by atoms with E-state index in [2.05, 4.69) is 44.0 Å². The van der Waals surface area contributed by atoms with E-state index in [1.54, 1.807) is 6.07 Å². The molecule has 1 aromatic carbocycles. The molecule has 2 aliphatic rings. The van der Waals surface area contributed by atoms with Crippen molar-refractivity contribution in [2.45, 2.75) is 31.6 Å². The maximum absolute atomic E-state index is 12.8. The molecule has 2 aliphatic heterocycles. The predicted molar refractivity (Wildman–Crippen MR) is 108 cm³/mol. The van der Waals surface area contributed by atoms with Crippen LogP contribution in [0.4, 0.5) is 19.0 Å². The number of anilines is 1. The highest BCUT2D eigenvalue weighted by molar-refractivity contribution is 7.18. The van der Waals surface area contributed by atoms with Crippen LogP contribution in [0.25, 0.3) is 10.2 Å². The highest BCUT2D eigenvalue weighted by Gasteiger charge is 2.43. The van der Waals surface area contributed by atoms with Crippen molar-refractivity contribution in [1.29, 1.82) is 0 Å². The summed E-state index contributed by atoms with van der Waals surface area (Å²) in [5.74, 6) is 1.41. The fourth-order valence-corrected chi connectivity index (χ4v) is 5.52. The Morgan fingerprint density at radius 3 is 2.72 bits per heavy atom. The van der Waals surface area contributed by atoms with Crippen LogP contribution in [-0.2, 0) is 13.0 Å². The second kappa shape index (κ2) is 7.25. The monoisotopic (exact) mass is 418 g/mol. The van der Waals surface area contributed by atoms with Crippen molar-refractivity contribution < 1.29 is 13.2 Å². The van der Waals surface area contributed by atoms with Crippen molar-refractivity contribution in [3.63, 3.8) is 0 Å². The molecule has 4 nitrogen and oxygen atoms in total. The molecule has 0 aliphatic carbocycles. The predicted octanol–water partition coefficient (Wildman–Crippen LogP) is 4.51. The largest absolute Gasteiger partial charge is 0.393 e. The van der Waals surface area contributed by atoms with E-state index in [0.717, 1.165) is 55.1 Å². The van der Waals surface area contributed by atoms with E-state index in [1.165, 1.54) is 11.9 Å². The molecule has 0 N–H and O–H groups in total. The van der Waals surface area contributed by atoms with Crippen LogP contribution in [0.5, 0.6) is 0 Å². The number of benzene rings is 1. The average molecular weight is 418 g/mol. The maximum atomic E-state index is 12.8. The van der Waals surface area contributed by atoms with Crippen LogP contribution in [0, 0.1) is 5.92 Å². The number of aromatic nitrogens is 2. The Morgan fingerprint density at radius 1 is 1.10 bits per heavy atom. The number of likely N-dealkylation sites (tertiary alicyclic amines) is 1. The Bertz CT molecular complexity index is 1000. The van der Waals surface area contributed by atoms with Gasteiger partial charge in [0.05, 0.1) is 11.8 Å². The van der Waals surface area contributed by atoms with Crippen molar-refractivity contribution >= 4 is 27.4 Å². The first-order valence-electron chi connectivity index (χ1n) is 9.79. The number of alkyl halides is 3. The van der Waals surface area contributed by atoms with Crippen molar-refractivity contribution in [3.05, 3.63) is 53.2 Å². The fraction of sp³-hybridized carbons (Fsp3) is 0.429. The Morgan fingerprint density at radius 2 is 1.93 bits per heavy atom. The highest BCUT2D eigenvalue weighted by Crippen LogP contribution is 2.40. The molecule has 4 heterocycles. The molecular weight excluding hydrogens is 397 g/mol. The fourth-order valence-electron chi connectivity index (χ4n) is 4.50. The molecule has 0 spiro atoms. The van der Waals surface area contributed by atoms with Gasteiger partial charge in [0.1, 0.15) is 17.0 Å². The Hall–Kier alpha value is -2.19. The quantitative estimate of drug-likeness (QED) is 0.624. The van der Waals surface area contributed by atoms with Crippen molar-refractivity contribution in [1.82, 2.24) is 14.9 Å². The van der Waals surface area contributed by atoms with Crippen LogP contribution < -0.4 is 4.90 Å². The number of hydrogen-bond acceptors (Lipinski definition) is 5. The molecule has 3 aromatic rings. The van der Waals surface area contributed by atoms with Crippen LogP contribution in [0.3, 0.4) is 0 Å². The molecular formula is C21H21F3N4S. The van der Waals surface area contributed by atoms with E-state index in [4.69, 9.17) is 0 Å². The normalized spacial score (nSPS) is 22.5. The Labute approximate surface area is 171 Å². The van der Waals surface area contributed by atoms with E-state index in [-0.39, 0.29) is 0 Å². The molecule has 0 bridgehead atoms. The number of thiophene rings is 1. The summed E-state index contributed by atoms with van der Waals surface area (Å²) in [5, 5.41) is 0.746. The minimum Gasteiger partial charge on any atom is -0.351 e. The molecule has 2 aromatic heterocycles. The van der Waals surface area contributed by atoms with Crippen molar-refractivity contribution in [2.24, 2.45) is 5.92 Å². The van der Waals surface area contributed by atoms with E-state index in [1.807, 2.05) is 6.07 Å². The van der Waals surface area contributed by atoms with E-state index in [9.17, 15) is 13.2 Å². The Balaban J connectivity index is 1.35. The van der Waals surface area contributed by atoms with Gasteiger partial charge in [-0.25, -0.2) is 9.97 Å². The van der Waals surface area contributed by atoms with Crippen LogP contribution in [-0.4, -0.2) is 46.7 Å². The molecule has 2 atom stereocenters. The number of fused-ring (bicyclic) bond motifs is 2. The van der Waals surface area contributed by atoms with Gasteiger partial charge in [-0.1, -0.05) is 30.3 Å². The van der Waals surface area contributed by atoms with E-state index < -0.39 is 12.6 Å². The first-order chi connectivity index (χ1) is 14.0. The molecule has 0 amide bonds. The second-order valence-electron chi connectivity index (χ2n) is 7.91. The van der Waals surface area contributed by atoms with Crippen molar-refractivity contribution in [3.8, 4) is 0 Å². The SMILES string of the molecule is FC(F)(F)Cc1cc2c(N3C[C@H]4CCN(Cc5ccccc5)C[C@H]43)ncnc2s1. The van der Waals surface area contributed by atoms with Gasteiger partial charge in [0.25, 0.3) is 0 Å². The molecule has 0 unspecified atom stereocenters. The number of halogens is 3. The zero-order valence-corrected chi connectivity index (χ0v) is 16.6. The molecule has 0 radical (unpaired) electrons. The van der Waals surface area contributed by atoms with Crippen LogP contribution in [0.1, 0.15) is 16.9 Å². The Kier molecular flexibility index (Phi) is 4.70. The maximum Gasteiger partial charge on any atom is 0.393 e. The molecule has 2 fully saturated rings. The highest BCUT2D eigenvalue weighted by atomic mass is 32.1. The third-order valence-corrected chi connectivity index (χ3v) is 6.94. The first kappa shape index (κ1) is 18.8. The van der Waals surface area contributed by atoms with Gasteiger partial charge in [-0.15, -0.1) is 11.3 Å². The van der Waals surface area contributed by atoms with Gasteiger partial charge in [0.2, 0.25) is 0 Å². The third kappa shape index (κ3) is 3.83. The molecule has 2 saturated heterocycles. The smallest absolute Gasteiger partial charge is 0.351 e. The topological polar surface area (TPSA) is 32.3 Å². The standard InChI is InChI=1S/C21H21F3N4S/c22-21(23,24)9-16-8-17-19(25-13-26-20(17)29-16)28-11-15-6-7-27(12-18(15)28)10-14-4-2-1-3-5-14/h1-5,8,13,15,18H,6-7,9-12H2/t15-,18-/m1/s1. The van der Waals surface area contributed by atoms with Gasteiger partial charge in [0.15, 0.2) is 0 Å². The number of rotatable bonds is 4. The summed E-state index contributed by atoms with van der Waals surface area (Å²) < 4.78 is 38.4. The van der Waals surface area contributed by atoms with Crippen LogP contribution >= 0.6 is 11.3 Å². The zero-order valence-electron chi connectivity index (χ0n) is 15.8. The number of nitrogens with zero attached hydrogens (tertiary/aromatic N) is 4. The van der Waals surface area contributed by atoms with Gasteiger partial charge in [-0.2, -0.15) is 13.2 Å². The molecule has 0 saturated carbocycles. The summed E-state index contributed by atoms with van der Waals surface area (Å²) in [6, 6.07) is 12.4. The van der Waals surface area contributed by atoms with Crippen LogP contribution in [0.15, 0.2) is 42.7 Å². The summed E-state index contributed by atoms with van der Waals surface area (Å²) >= 11 is 1.11.